The number of hydrogen-bond donors (Lipinski definition) is 0. The average molecular weight is 354 g/mol. The second-order valence-corrected chi connectivity index (χ2v) is 6.93. The summed E-state index contributed by atoms with van der Waals surface area (Å²) in [7, 11) is 2.18. The van der Waals surface area contributed by atoms with Crippen LogP contribution in [-0.4, -0.2) is 51.4 Å². The first-order valence-electron chi connectivity index (χ1n) is 9.51. The summed E-state index contributed by atoms with van der Waals surface area (Å²) in [6.07, 6.45) is 1.02. The zero-order valence-corrected chi connectivity index (χ0v) is 16.0. The Labute approximate surface area is 157 Å². The number of anilines is 1. The predicted molar refractivity (Wildman–Crippen MR) is 107 cm³/mol. The molecule has 0 spiro atoms. The van der Waals surface area contributed by atoms with Gasteiger partial charge in [0.15, 0.2) is 0 Å². The number of nitrogens with zero attached hydrogens (tertiary/aromatic N) is 2. The van der Waals surface area contributed by atoms with E-state index in [1.807, 2.05) is 18.2 Å². The predicted octanol–water partition coefficient (Wildman–Crippen LogP) is 3.73. The topological polar surface area (TPSA) is 24.9 Å². The van der Waals surface area contributed by atoms with Crippen LogP contribution in [0.5, 0.6) is 5.75 Å². The molecule has 2 aromatic carbocycles. The fraction of sp³-hybridized carbons (Fsp3) is 0.455. The molecule has 3 rings (SSSR count). The Hall–Kier alpha value is -2.04. The third kappa shape index (κ3) is 5.23. The summed E-state index contributed by atoms with van der Waals surface area (Å²) in [6.45, 7) is 8.41. The summed E-state index contributed by atoms with van der Waals surface area (Å²) in [4.78, 5) is 4.81. The van der Waals surface area contributed by atoms with E-state index in [0.29, 0.717) is 0 Å². The Morgan fingerprint density at radius 2 is 1.77 bits per heavy atom. The lowest BCUT2D eigenvalue weighted by Gasteiger charge is -2.31. The van der Waals surface area contributed by atoms with Crippen LogP contribution in [0.15, 0.2) is 48.5 Å². The van der Waals surface area contributed by atoms with Crippen LogP contribution in [0.25, 0.3) is 0 Å². The molecule has 1 fully saturated rings. The maximum absolute atomic E-state index is 5.91. The largest absolute Gasteiger partial charge is 0.493 e. The standard InChI is InChI=1S/C22H30N2O2/c1-19-8-3-6-11-22(19)26-15-7-12-23(2)18-20-9-4-5-10-21(20)24-13-16-25-17-14-24/h3-6,8-11H,7,12-18H2,1-2H3. The first kappa shape index (κ1) is 18.7. The van der Waals surface area contributed by atoms with E-state index in [0.717, 1.165) is 58.2 Å². The second kappa shape index (κ2) is 9.60. The molecule has 1 aliphatic rings. The molecule has 4 nitrogen and oxygen atoms in total. The Kier molecular flexibility index (Phi) is 6.92. The molecular formula is C22H30N2O2. The van der Waals surface area contributed by atoms with Gasteiger partial charge in [-0.3, -0.25) is 0 Å². The van der Waals surface area contributed by atoms with E-state index in [1.54, 1.807) is 0 Å². The molecule has 4 heteroatoms. The van der Waals surface area contributed by atoms with Gasteiger partial charge in [-0.05, 0) is 43.7 Å². The zero-order valence-electron chi connectivity index (χ0n) is 16.0. The van der Waals surface area contributed by atoms with Gasteiger partial charge in [0.05, 0.1) is 19.8 Å². The molecule has 1 aliphatic heterocycles. The lowest BCUT2D eigenvalue weighted by molar-refractivity contribution is 0.122. The van der Waals surface area contributed by atoms with Crippen LogP contribution in [0.2, 0.25) is 0 Å². The first-order chi connectivity index (χ1) is 12.7. The molecule has 1 heterocycles. The molecule has 0 N–H and O–H groups in total. The highest BCUT2D eigenvalue weighted by Gasteiger charge is 2.15. The van der Waals surface area contributed by atoms with Gasteiger partial charge in [-0.25, -0.2) is 0 Å². The van der Waals surface area contributed by atoms with Crippen molar-refractivity contribution in [2.75, 3.05) is 51.4 Å². The van der Waals surface area contributed by atoms with Crippen molar-refractivity contribution < 1.29 is 9.47 Å². The number of aryl methyl sites for hydroxylation is 1. The lowest BCUT2D eigenvalue weighted by Crippen LogP contribution is -2.37. The number of ether oxygens (including phenoxy) is 2. The van der Waals surface area contributed by atoms with Crippen molar-refractivity contribution in [1.82, 2.24) is 4.90 Å². The fourth-order valence-electron chi connectivity index (χ4n) is 3.36. The molecule has 0 radical (unpaired) electrons. The van der Waals surface area contributed by atoms with Crippen LogP contribution in [0.4, 0.5) is 5.69 Å². The fourth-order valence-corrected chi connectivity index (χ4v) is 3.36. The SMILES string of the molecule is Cc1ccccc1OCCCN(C)Cc1ccccc1N1CCOCC1. The molecule has 0 bridgehead atoms. The van der Waals surface area contributed by atoms with Crippen molar-refractivity contribution in [3.8, 4) is 5.75 Å². The normalized spacial score (nSPS) is 14.7. The van der Waals surface area contributed by atoms with Gasteiger partial charge in [-0.2, -0.15) is 0 Å². The van der Waals surface area contributed by atoms with Crippen LogP contribution in [0, 0.1) is 6.92 Å². The average Bonchev–Trinajstić information content (AvgIpc) is 2.68. The third-order valence-electron chi connectivity index (χ3n) is 4.82. The number of benzene rings is 2. The lowest BCUT2D eigenvalue weighted by atomic mass is 10.1. The zero-order chi connectivity index (χ0) is 18.2. The van der Waals surface area contributed by atoms with Gasteiger partial charge in [0.25, 0.3) is 0 Å². The van der Waals surface area contributed by atoms with Crippen molar-refractivity contribution in [2.45, 2.75) is 19.9 Å². The van der Waals surface area contributed by atoms with Gasteiger partial charge in [-0.1, -0.05) is 36.4 Å². The van der Waals surface area contributed by atoms with Crippen molar-refractivity contribution in [3.05, 3.63) is 59.7 Å². The van der Waals surface area contributed by atoms with E-state index in [2.05, 4.69) is 54.1 Å². The number of morpholine rings is 1. The minimum atomic E-state index is 0.750. The maximum atomic E-state index is 5.91. The summed E-state index contributed by atoms with van der Waals surface area (Å²) >= 11 is 0. The van der Waals surface area contributed by atoms with E-state index in [1.165, 1.54) is 16.8 Å². The van der Waals surface area contributed by atoms with Gasteiger partial charge in [0.1, 0.15) is 5.75 Å². The Bertz CT molecular complexity index is 683. The van der Waals surface area contributed by atoms with Crippen molar-refractivity contribution in [2.24, 2.45) is 0 Å². The molecule has 140 valence electrons. The summed E-state index contributed by atoms with van der Waals surface area (Å²) in [6, 6.07) is 16.9. The highest BCUT2D eigenvalue weighted by molar-refractivity contribution is 5.53. The molecule has 0 amide bonds. The first-order valence-corrected chi connectivity index (χ1v) is 9.51. The molecule has 0 aliphatic carbocycles. The minimum absolute atomic E-state index is 0.750. The number of rotatable bonds is 8. The summed E-state index contributed by atoms with van der Waals surface area (Å²) in [5.74, 6) is 0.993. The van der Waals surface area contributed by atoms with Crippen LogP contribution >= 0.6 is 0 Å². The van der Waals surface area contributed by atoms with Crippen LogP contribution in [0.1, 0.15) is 17.5 Å². The smallest absolute Gasteiger partial charge is 0.122 e. The molecule has 1 saturated heterocycles. The number of para-hydroxylation sites is 2. The molecule has 2 aromatic rings. The Morgan fingerprint density at radius 3 is 2.58 bits per heavy atom. The summed E-state index contributed by atoms with van der Waals surface area (Å²) in [5.41, 5.74) is 3.93. The second-order valence-electron chi connectivity index (χ2n) is 6.93. The third-order valence-corrected chi connectivity index (χ3v) is 4.82. The Morgan fingerprint density at radius 1 is 1.04 bits per heavy atom. The van der Waals surface area contributed by atoms with E-state index in [9.17, 15) is 0 Å². The molecular weight excluding hydrogens is 324 g/mol. The van der Waals surface area contributed by atoms with Crippen LogP contribution in [0.3, 0.4) is 0 Å². The summed E-state index contributed by atoms with van der Waals surface area (Å²) < 4.78 is 11.4. The highest BCUT2D eigenvalue weighted by Crippen LogP contribution is 2.23. The van der Waals surface area contributed by atoms with E-state index < -0.39 is 0 Å². The molecule has 26 heavy (non-hydrogen) atoms. The molecule has 0 saturated carbocycles. The van der Waals surface area contributed by atoms with Gasteiger partial charge in [0.2, 0.25) is 0 Å². The van der Waals surface area contributed by atoms with Gasteiger partial charge in [0, 0.05) is 31.9 Å². The van der Waals surface area contributed by atoms with E-state index in [-0.39, 0.29) is 0 Å². The van der Waals surface area contributed by atoms with Crippen LogP contribution in [-0.2, 0) is 11.3 Å². The van der Waals surface area contributed by atoms with Crippen molar-refractivity contribution >= 4 is 5.69 Å². The van der Waals surface area contributed by atoms with E-state index in [4.69, 9.17) is 9.47 Å². The van der Waals surface area contributed by atoms with Crippen LogP contribution < -0.4 is 9.64 Å². The minimum Gasteiger partial charge on any atom is -0.493 e. The quantitative estimate of drug-likeness (QED) is 0.675. The van der Waals surface area contributed by atoms with Crippen molar-refractivity contribution in [3.63, 3.8) is 0 Å². The van der Waals surface area contributed by atoms with Gasteiger partial charge < -0.3 is 19.3 Å². The molecule has 0 aromatic heterocycles. The maximum Gasteiger partial charge on any atom is 0.122 e. The van der Waals surface area contributed by atoms with E-state index >= 15 is 0 Å². The summed E-state index contributed by atoms with van der Waals surface area (Å²) in [5, 5.41) is 0. The monoisotopic (exact) mass is 354 g/mol. The Balaban J connectivity index is 1.47. The number of hydrogen-bond acceptors (Lipinski definition) is 4. The van der Waals surface area contributed by atoms with Gasteiger partial charge in [-0.15, -0.1) is 0 Å². The highest BCUT2D eigenvalue weighted by atomic mass is 16.5. The molecule has 0 atom stereocenters. The van der Waals surface area contributed by atoms with Gasteiger partial charge >= 0.3 is 0 Å². The molecule has 0 unspecified atom stereocenters. The van der Waals surface area contributed by atoms with Crippen molar-refractivity contribution in [1.29, 1.82) is 0 Å².